The number of thioether (sulfide) groups is 1. The van der Waals surface area contributed by atoms with Crippen molar-refractivity contribution in [2.75, 3.05) is 0 Å². The lowest BCUT2D eigenvalue weighted by atomic mass is 10.2. The largest absolute Gasteiger partial charge is 0.480 e. The van der Waals surface area contributed by atoms with E-state index in [2.05, 4.69) is 0 Å². The Labute approximate surface area is 87.3 Å². The smallest absolute Gasteiger partial charge is 0.316 e. The predicted octanol–water partition coefficient (Wildman–Crippen LogP) is 1.71. The standard InChI is InChI=1S/C10H13NO2S/c1-7(10(12)13)14-9-4-2-8(6-11)3-5-9/h2-5,7H,6,11H2,1H3,(H,12,13). The van der Waals surface area contributed by atoms with Crippen LogP contribution in [-0.2, 0) is 11.3 Å². The van der Waals surface area contributed by atoms with Gasteiger partial charge in [0.2, 0.25) is 0 Å². The first kappa shape index (κ1) is 11.1. The van der Waals surface area contributed by atoms with E-state index in [4.69, 9.17) is 10.8 Å². The summed E-state index contributed by atoms with van der Waals surface area (Å²) in [4.78, 5) is 11.5. The highest BCUT2D eigenvalue weighted by molar-refractivity contribution is 8.00. The van der Waals surface area contributed by atoms with E-state index >= 15 is 0 Å². The van der Waals surface area contributed by atoms with Crippen molar-refractivity contribution in [3.63, 3.8) is 0 Å². The topological polar surface area (TPSA) is 63.3 Å². The van der Waals surface area contributed by atoms with E-state index in [1.165, 1.54) is 11.8 Å². The number of benzene rings is 1. The summed E-state index contributed by atoms with van der Waals surface area (Å²) in [6.45, 7) is 2.18. The molecular weight excluding hydrogens is 198 g/mol. The van der Waals surface area contributed by atoms with Gasteiger partial charge in [-0.2, -0.15) is 0 Å². The zero-order valence-electron chi connectivity index (χ0n) is 7.93. The van der Waals surface area contributed by atoms with Gasteiger partial charge in [-0.15, -0.1) is 11.8 Å². The zero-order chi connectivity index (χ0) is 10.6. The lowest BCUT2D eigenvalue weighted by Crippen LogP contribution is -2.10. The molecule has 0 saturated carbocycles. The lowest BCUT2D eigenvalue weighted by molar-refractivity contribution is -0.136. The number of hydrogen-bond acceptors (Lipinski definition) is 3. The minimum Gasteiger partial charge on any atom is -0.480 e. The van der Waals surface area contributed by atoms with Gasteiger partial charge in [0.1, 0.15) is 5.25 Å². The van der Waals surface area contributed by atoms with Crippen LogP contribution in [0.25, 0.3) is 0 Å². The number of rotatable bonds is 4. The van der Waals surface area contributed by atoms with E-state index in [-0.39, 0.29) is 0 Å². The summed E-state index contributed by atoms with van der Waals surface area (Å²) in [6.07, 6.45) is 0. The molecule has 14 heavy (non-hydrogen) atoms. The minimum absolute atomic E-state index is 0.418. The van der Waals surface area contributed by atoms with E-state index < -0.39 is 11.2 Å². The fourth-order valence-electron chi connectivity index (χ4n) is 0.959. The maximum Gasteiger partial charge on any atom is 0.316 e. The average molecular weight is 211 g/mol. The predicted molar refractivity (Wildman–Crippen MR) is 57.3 cm³/mol. The Morgan fingerprint density at radius 1 is 1.50 bits per heavy atom. The minimum atomic E-state index is -0.794. The van der Waals surface area contributed by atoms with Gasteiger partial charge in [-0.3, -0.25) is 4.79 Å². The highest BCUT2D eigenvalue weighted by Crippen LogP contribution is 2.23. The van der Waals surface area contributed by atoms with Gasteiger partial charge in [-0.05, 0) is 24.6 Å². The molecule has 0 aromatic heterocycles. The molecule has 4 heteroatoms. The molecule has 1 atom stereocenters. The van der Waals surface area contributed by atoms with Crippen molar-refractivity contribution in [2.24, 2.45) is 5.73 Å². The molecule has 76 valence electrons. The number of carboxylic acids is 1. The van der Waals surface area contributed by atoms with Crippen LogP contribution in [0.15, 0.2) is 29.2 Å². The lowest BCUT2D eigenvalue weighted by Gasteiger charge is -2.06. The third-order valence-electron chi connectivity index (χ3n) is 1.82. The van der Waals surface area contributed by atoms with Crippen LogP contribution >= 0.6 is 11.8 Å². The highest BCUT2D eigenvalue weighted by atomic mass is 32.2. The van der Waals surface area contributed by atoms with E-state index in [0.717, 1.165) is 10.5 Å². The van der Waals surface area contributed by atoms with Crippen LogP contribution in [0.1, 0.15) is 12.5 Å². The maximum absolute atomic E-state index is 10.6. The van der Waals surface area contributed by atoms with Gasteiger partial charge in [0.05, 0.1) is 0 Å². The molecule has 0 bridgehead atoms. The average Bonchev–Trinajstić information content (AvgIpc) is 2.19. The van der Waals surface area contributed by atoms with Gasteiger partial charge in [0, 0.05) is 11.4 Å². The quantitative estimate of drug-likeness (QED) is 0.744. The molecule has 0 heterocycles. The molecule has 0 radical (unpaired) electrons. The molecule has 0 aliphatic carbocycles. The van der Waals surface area contributed by atoms with Crippen LogP contribution in [-0.4, -0.2) is 16.3 Å². The fourth-order valence-corrected chi connectivity index (χ4v) is 1.76. The second-order valence-corrected chi connectivity index (χ2v) is 4.36. The highest BCUT2D eigenvalue weighted by Gasteiger charge is 2.11. The zero-order valence-corrected chi connectivity index (χ0v) is 8.75. The van der Waals surface area contributed by atoms with Crippen molar-refractivity contribution < 1.29 is 9.90 Å². The molecular formula is C10H13NO2S. The molecule has 0 aliphatic heterocycles. The normalized spacial score (nSPS) is 12.4. The van der Waals surface area contributed by atoms with Crippen LogP contribution in [0.5, 0.6) is 0 Å². The van der Waals surface area contributed by atoms with Crippen molar-refractivity contribution in [1.82, 2.24) is 0 Å². The second-order valence-electron chi connectivity index (χ2n) is 2.95. The Kier molecular flexibility index (Phi) is 3.98. The summed E-state index contributed by atoms with van der Waals surface area (Å²) in [6, 6.07) is 7.62. The molecule has 1 aromatic rings. The Bertz CT molecular complexity index is 310. The monoisotopic (exact) mass is 211 g/mol. The van der Waals surface area contributed by atoms with Crippen molar-refractivity contribution in [3.05, 3.63) is 29.8 Å². The van der Waals surface area contributed by atoms with Crippen molar-refractivity contribution in [3.8, 4) is 0 Å². The SMILES string of the molecule is CC(Sc1ccc(CN)cc1)C(=O)O. The number of carboxylic acid groups (broad SMARTS) is 1. The number of aliphatic carboxylic acids is 1. The van der Waals surface area contributed by atoms with Gasteiger partial charge >= 0.3 is 5.97 Å². The van der Waals surface area contributed by atoms with Crippen LogP contribution in [0.4, 0.5) is 0 Å². The summed E-state index contributed by atoms with van der Waals surface area (Å²) >= 11 is 1.33. The Morgan fingerprint density at radius 2 is 2.07 bits per heavy atom. The maximum atomic E-state index is 10.6. The molecule has 0 spiro atoms. The first-order chi connectivity index (χ1) is 6.63. The molecule has 0 saturated heterocycles. The molecule has 0 amide bonds. The molecule has 1 unspecified atom stereocenters. The van der Waals surface area contributed by atoms with Crippen LogP contribution in [0.2, 0.25) is 0 Å². The van der Waals surface area contributed by atoms with Crippen LogP contribution in [0.3, 0.4) is 0 Å². The first-order valence-corrected chi connectivity index (χ1v) is 5.20. The third kappa shape index (κ3) is 3.05. The van der Waals surface area contributed by atoms with Gasteiger partial charge in [0.15, 0.2) is 0 Å². The summed E-state index contributed by atoms with van der Waals surface area (Å²) in [7, 11) is 0. The van der Waals surface area contributed by atoms with Gasteiger partial charge < -0.3 is 10.8 Å². The van der Waals surface area contributed by atoms with Gasteiger partial charge in [-0.1, -0.05) is 12.1 Å². The number of hydrogen-bond donors (Lipinski definition) is 2. The van der Waals surface area contributed by atoms with Crippen molar-refractivity contribution >= 4 is 17.7 Å². The van der Waals surface area contributed by atoms with Gasteiger partial charge in [-0.25, -0.2) is 0 Å². The Balaban J connectivity index is 2.64. The van der Waals surface area contributed by atoms with E-state index in [0.29, 0.717) is 6.54 Å². The van der Waals surface area contributed by atoms with Crippen LogP contribution in [0, 0.1) is 0 Å². The molecule has 0 fully saturated rings. The van der Waals surface area contributed by atoms with E-state index in [1.807, 2.05) is 24.3 Å². The summed E-state index contributed by atoms with van der Waals surface area (Å²) in [5, 5.41) is 8.29. The molecule has 3 N–H and O–H groups in total. The summed E-state index contributed by atoms with van der Waals surface area (Å²) in [5.41, 5.74) is 6.50. The summed E-state index contributed by atoms with van der Waals surface area (Å²) in [5.74, 6) is -0.794. The Morgan fingerprint density at radius 3 is 2.50 bits per heavy atom. The van der Waals surface area contributed by atoms with Crippen molar-refractivity contribution in [2.45, 2.75) is 23.6 Å². The molecule has 0 aliphatic rings. The second kappa shape index (κ2) is 5.02. The van der Waals surface area contributed by atoms with Crippen molar-refractivity contribution in [1.29, 1.82) is 0 Å². The Hall–Kier alpha value is -1.00. The van der Waals surface area contributed by atoms with Crippen LogP contribution < -0.4 is 5.73 Å². The van der Waals surface area contributed by atoms with E-state index in [9.17, 15) is 4.79 Å². The number of carbonyl (C=O) groups is 1. The third-order valence-corrected chi connectivity index (χ3v) is 2.92. The molecule has 1 aromatic carbocycles. The van der Waals surface area contributed by atoms with Gasteiger partial charge in [0.25, 0.3) is 0 Å². The molecule has 1 rings (SSSR count). The fraction of sp³-hybridized carbons (Fsp3) is 0.300. The number of nitrogens with two attached hydrogens (primary N) is 1. The first-order valence-electron chi connectivity index (χ1n) is 4.32. The summed E-state index contributed by atoms with van der Waals surface area (Å²) < 4.78 is 0. The molecule has 3 nitrogen and oxygen atoms in total. The van der Waals surface area contributed by atoms with E-state index in [1.54, 1.807) is 6.92 Å².